The maximum Gasteiger partial charge on any atom is 0.0244 e. The highest BCUT2D eigenvalue weighted by Gasteiger charge is 2.27. The van der Waals surface area contributed by atoms with Gasteiger partial charge in [-0.3, -0.25) is 0 Å². The minimum absolute atomic E-state index is 0.412. The Bertz CT molecular complexity index is 232. The molecular formula is C14H29N3. The normalized spacial score (nSPS) is 36.4. The van der Waals surface area contributed by atoms with E-state index in [2.05, 4.69) is 23.9 Å². The summed E-state index contributed by atoms with van der Waals surface area (Å²) in [5.74, 6) is 0.855. The van der Waals surface area contributed by atoms with Gasteiger partial charge in [-0.2, -0.15) is 0 Å². The van der Waals surface area contributed by atoms with E-state index in [0.29, 0.717) is 12.1 Å². The first-order chi connectivity index (χ1) is 8.16. The Labute approximate surface area is 106 Å². The molecule has 1 aliphatic heterocycles. The van der Waals surface area contributed by atoms with Gasteiger partial charge < -0.3 is 15.5 Å². The van der Waals surface area contributed by atoms with Crippen molar-refractivity contribution in [2.75, 3.05) is 33.7 Å². The van der Waals surface area contributed by atoms with Gasteiger partial charge in [0.25, 0.3) is 0 Å². The molecule has 3 nitrogen and oxygen atoms in total. The Hall–Kier alpha value is -0.120. The molecule has 1 aliphatic carbocycles. The van der Waals surface area contributed by atoms with E-state index in [0.717, 1.165) is 5.92 Å². The van der Waals surface area contributed by atoms with Gasteiger partial charge in [0.15, 0.2) is 0 Å². The van der Waals surface area contributed by atoms with Crippen molar-refractivity contribution in [2.24, 2.45) is 11.7 Å². The molecule has 0 amide bonds. The van der Waals surface area contributed by atoms with Crippen LogP contribution in [0, 0.1) is 5.92 Å². The van der Waals surface area contributed by atoms with Gasteiger partial charge in [0.2, 0.25) is 0 Å². The van der Waals surface area contributed by atoms with Crippen LogP contribution in [0.4, 0.5) is 0 Å². The molecule has 100 valence electrons. The fourth-order valence-corrected chi connectivity index (χ4v) is 3.65. The van der Waals surface area contributed by atoms with E-state index in [-0.39, 0.29) is 0 Å². The Kier molecular flexibility index (Phi) is 4.83. The third-order valence-electron chi connectivity index (χ3n) is 4.62. The van der Waals surface area contributed by atoms with Crippen molar-refractivity contribution in [3.63, 3.8) is 0 Å². The number of hydrogen-bond acceptors (Lipinski definition) is 3. The van der Waals surface area contributed by atoms with Crippen molar-refractivity contribution in [3.05, 3.63) is 0 Å². The SMILES string of the molecule is CN1CCCC(CN(C)C2CCCCC2N)C1. The molecule has 2 fully saturated rings. The van der Waals surface area contributed by atoms with Crippen molar-refractivity contribution in [1.29, 1.82) is 0 Å². The van der Waals surface area contributed by atoms with Crippen molar-refractivity contribution in [3.8, 4) is 0 Å². The van der Waals surface area contributed by atoms with Gasteiger partial charge in [0.05, 0.1) is 0 Å². The third-order valence-corrected chi connectivity index (χ3v) is 4.62. The molecule has 2 aliphatic rings. The van der Waals surface area contributed by atoms with Crippen molar-refractivity contribution < 1.29 is 0 Å². The van der Waals surface area contributed by atoms with Gasteiger partial charge in [-0.15, -0.1) is 0 Å². The predicted molar refractivity (Wildman–Crippen MR) is 73.1 cm³/mol. The van der Waals surface area contributed by atoms with Crippen LogP contribution in [0.25, 0.3) is 0 Å². The fourth-order valence-electron chi connectivity index (χ4n) is 3.65. The molecular weight excluding hydrogens is 210 g/mol. The standard InChI is InChI=1S/C14H29N3/c1-16-9-5-6-12(10-16)11-17(2)14-8-4-3-7-13(14)15/h12-14H,3-11,15H2,1-2H3. The lowest BCUT2D eigenvalue weighted by molar-refractivity contribution is 0.113. The Morgan fingerprint density at radius 3 is 2.65 bits per heavy atom. The van der Waals surface area contributed by atoms with E-state index in [1.165, 1.54) is 58.2 Å². The number of likely N-dealkylation sites (N-methyl/N-ethyl adjacent to an activating group) is 1. The lowest BCUT2D eigenvalue weighted by Crippen LogP contribution is -2.50. The maximum atomic E-state index is 6.26. The van der Waals surface area contributed by atoms with Gasteiger partial charge in [-0.1, -0.05) is 12.8 Å². The largest absolute Gasteiger partial charge is 0.326 e. The highest BCUT2D eigenvalue weighted by molar-refractivity contribution is 4.86. The van der Waals surface area contributed by atoms with E-state index in [1.54, 1.807) is 0 Å². The second-order valence-electron chi connectivity index (χ2n) is 6.23. The van der Waals surface area contributed by atoms with Crippen molar-refractivity contribution >= 4 is 0 Å². The van der Waals surface area contributed by atoms with Crippen molar-refractivity contribution in [2.45, 2.75) is 50.6 Å². The van der Waals surface area contributed by atoms with Gasteiger partial charge in [0, 0.05) is 25.2 Å². The van der Waals surface area contributed by atoms with Gasteiger partial charge >= 0.3 is 0 Å². The van der Waals surface area contributed by atoms with Crippen molar-refractivity contribution in [1.82, 2.24) is 9.80 Å². The van der Waals surface area contributed by atoms with Crippen LogP contribution in [0.1, 0.15) is 38.5 Å². The molecule has 0 aromatic carbocycles. The smallest absolute Gasteiger partial charge is 0.0244 e. The summed E-state index contributed by atoms with van der Waals surface area (Å²) in [5.41, 5.74) is 6.26. The molecule has 1 saturated carbocycles. The van der Waals surface area contributed by atoms with E-state index in [4.69, 9.17) is 5.73 Å². The zero-order valence-electron chi connectivity index (χ0n) is 11.6. The second kappa shape index (κ2) is 6.17. The molecule has 1 heterocycles. The molecule has 17 heavy (non-hydrogen) atoms. The van der Waals surface area contributed by atoms with Crippen LogP contribution in [-0.4, -0.2) is 55.6 Å². The highest BCUT2D eigenvalue weighted by atomic mass is 15.2. The molecule has 0 aromatic rings. The van der Waals surface area contributed by atoms with Crippen LogP contribution >= 0.6 is 0 Å². The van der Waals surface area contributed by atoms with E-state index in [1.807, 2.05) is 0 Å². The summed E-state index contributed by atoms with van der Waals surface area (Å²) in [6.45, 7) is 3.79. The zero-order valence-corrected chi connectivity index (χ0v) is 11.6. The van der Waals surface area contributed by atoms with Gasteiger partial charge in [-0.05, 0) is 52.2 Å². The lowest BCUT2D eigenvalue weighted by atomic mass is 9.89. The van der Waals surface area contributed by atoms with Crippen LogP contribution < -0.4 is 5.73 Å². The van der Waals surface area contributed by atoms with Crippen LogP contribution in [-0.2, 0) is 0 Å². The summed E-state index contributed by atoms with van der Waals surface area (Å²) in [7, 11) is 4.53. The number of hydrogen-bond donors (Lipinski definition) is 1. The first kappa shape index (κ1) is 13.3. The summed E-state index contributed by atoms with van der Waals surface area (Å²) in [5, 5.41) is 0. The fraction of sp³-hybridized carbons (Fsp3) is 1.00. The molecule has 0 bridgehead atoms. The minimum atomic E-state index is 0.412. The zero-order chi connectivity index (χ0) is 12.3. The average molecular weight is 239 g/mol. The Morgan fingerprint density at radius 1 is 1.18 bits per heavy atom. The minimum Gasteiger partial charge on any atom is -0.326 e. The summed E-state index contributed by atoms with van der Waals surface area (Å²) in [6, 6.07) is 1.05. The molecule has 3 heteroatoms. The molecule has 2 N–H and O–H groups in total. The number of nitrogens with two attached hydrogens (primary N) is 1. The summed E-state index contributed by atoms with van der Waals surface area (Å²) in [4.78, 5) is 5.02. The Morgan fingerprint density at radius 2 is 1.94 bits per heavy atom. The summed E-state index contributed by atoms with van der Waals surface area (Å²) < 4.78 is 0. The molecule has 0 aromatic heterocycles. The summed E-state index contributed by atoms with van der Waals surface area (Å²) >= 11 is 0. The third kappa shape index (κ3) is 3.67. The van der Waals surface area contributed by atoms with E-state index >= 15 is 0 Å². The quantitative estimate of drug-likeness (QED) is 0.811. The molecule has 0 radical (unpaired) electrons. The molecule has 3 unspecified atom stereocenters. The van der Waals surface area contributed by atoms with Crippen LogP contribution in [0.15, 0.2) is 0 Å². The van der Waals surface area contributed by atoms with Crippen LogP contribution in [0.2, 0.25) is 0 Å². The van der Waals surface area contributed by atoms with Gasteiger partial charge in [-0.25, -0.2) is 0 Å². The Balaban J connectivity index is 1.80. The first-order valence-electron chi connectivity index (χ1n) is 7.31. The molecule has 2 rings (SSSR count). The summed E-state index contributed by atoms with van der Waals surface area (Å²) in [6.07, 6.45) is 7.99. The van der Waals surface area contributed by atoms with Crippen LogP contribution in [0.5, 0.6) is 0 Å². The first-order valence-corrected chi connectivity index (χ1v) is 7.31. The highest BCUT2D eigenvalue weighted by Crippen LogP contribution is 2.23. The lowest BCUT2D eigenvalue weighted by Gasteiger charge is -2.39. The number of nitrogens with zero attached hydrogens (tertiary/aromatic N) is 2. The average Bonchev–Trinajstić information content (AvgIpc) is 2.29. The van der Waals surface area contributed by atoms with Crippen LogP contribution in [0.3, 0.4) is 0 Å². The number of rotatable bonds is 3. The molecule has 3 atom stereocenters. The number of piperidine rings is 1. The van der Waals surface area contributed by atoms with E-state index < -0.39 is 0 Å². The molecule has 0 spiro atoms. The monoisotopic (exact) mass is 239 g/mol. The van der Waals surface area contributed by atoms with E-state index in [9.17, 15) is 0 Å². The van der Waals surface area contributed by atoms with Gasteiger partial charge in [0.1, 0.15) is 0 Å². The number of likely N-dealkylation sites (tertiary alicyclic amines) is 1. The maximum absolute atomic E-state index is 6.26. The predicted octanol–water partition coefficient (Wildman–Crippen LogP) is 1.53. The topological polar surface area (TPSA) is 32.5 Å². The molecule has 1 saturated heterocycles. The second-order valence-corrected chi connectivity index (χ2v) is 6.23.